The predicted molar refractivity (Wildman–Crippen MR) is 105 cm³/mol. The molecule has 2 N–H and O–H groups in total. The van der Waals surface area contributed by atoms with Crippen LogP contribution in [0.2, 0.25) is 0 Å². The van der Waals surface area contributed by atoms with Gasteiger partial charge in [0.15, 0.2) is 11.6 Å². The number of amides is 1. The van der Waals surface area contributed by atoms with E-state index in [1.807, 2.05) is 32.9 Å². The molecular weight excluding hydrogens is 360 g/mol. The highest BCUT2D eigenvalue weighted by molar-refractivity contribution is 5.68. The topological polar surface area (TPSA) is 107 Å². The molecule has 9 heteroatoms. The first-order valence-electron chi connectivity index (χ1n) is 9.20. The van der Waals surface area contributed by atoms with E-state index in [0.717, 1.165) is 5.82 Å². The van der Waals surface area contributed by atoms with Gasteiger partial charge in [0.25, 0.3) is 0 Å². The van der Waals surface area contributed by atoms with Gasteiger partial charge < -0.3 is 25.0 Å². The van der Waals surface area contributed by atoms with Crippen LogP contribution in [0.15, 0.2) is 30.6 Å². The highest BCUT2D eigenvalue weighted by Gasteiger charge is 2.27. The van der Waals surface area contributed by atoms with Crippen LogP contribution in [0.1, 0.15) is 26.5 Å². The monoisotopic (exact) mass is 386 g/mol. The van der Waals surface area contributed by atoms with E-state index in [9.17, 15) is 4.79 Å². The average Bonchev–Trinajstić information content (AvgIpc) is 2.65. The van der Waals surface area contributed by atoms with E-state index in [1.54, 1.807) is 23.4 Å². The van der Waals surface area contributed by atoms with Gasteiger partial charge >= 0.3 is 6.09 Å². The number of nitrogens with two attached hydrogens (primary N) is 1. The Morgan fingerprint density at radius 3 is 2.57 bits per heavy atom. The summed E-state index contributed by atoms with van der Waals surface area (Å²) in [7, 11) is 0. The first-order chi connectivity index (χ1) is 13.3. The van der Waals surface area contributed by atoms with Gasteiger partial charge in [0.05, 0.1) is 5.69 Å². The first kappa shape index (κ1) is 19.7. The SMILES string of the molecule is CC(C)(C)OC(=O)N1CCN(c2ncccc2OCc2ccnc(N)n2)CC1. The molecule has 3 heterocycles. The third-order valence-corrected chi connectivity index (χ3v) is 4.09. The molecule has 150 valence electrons. The minimum Gasteiger partial charge on any atom is -0.483 e. The molecule has 0 aliphatic carbocycles. The van der Waals surface area contributed by atoms with Crippen molar-refractivity contribution in [2.24, 2.45) is 0 Å². The lowest BCUT2D eigenvalue weighted by Gasteiger charge is -2.36. The molecule has 0 unspecified atom stereocenters. The van der Waals surface area contributed by atoms with Crippen LogP contribution in [-0.2, 0) is 11.3 Å². The van der Waals surface area contributed by atoms with Gasteiger partial charge in [0.1, 0.15) is 12.2 Å². The molecule has 0 bridgehead atoms. The lowest BCUT2D eigenvalue weighted by molar-refractivity contribution is 0.0240. The molecular formula is C19H26N6O3. The number of ether oxygens (including phenoxy) is 2. The number of hydrogen-bond donors (Lipinski definition) is 1. The average molecular weight is 386 g/mol. The summed E-state index contributed by atoms with van der Waals surface area (Å²) in [5.74, 6) is 1.62. The Balaban J connectivity index is 1.61. The zero-order chi connectivity index (χ0) is 20.1. The van der Waals surface area contributed by atoms with Crippen LogP contribution in [0.5, 0.6) is 5.75 Å². The highest BCUT2D eigenvalue weighted by atomic mass is 16.6. The number of anilines is 2. The maximum Gasteiger partial charge on any atom is 0.410 e. The lowest BCUT2D eigenvalue weighted by atomic mass is 10.2. The molecule has 0 radical (unpaired) electrons. The van der Waals surface area contributed by atoms with Crippen molar-refractivity contribution in [3.8, 4) is 5.75 Å². The van der Waals surface area contributed by atoms with E-state index in [2.05, 4.69) is 19.9 Å². The minimum atomic E-state index is -0.499. The number of aromatic nitrogens is 3. The summed E-state index contributed by atoms with van der Waals surface area (Å²) in [5.41, 5.74) is 5.80. The molecule has 0 saturated carbocycles. The Morgan fingerprint density at radius 1 is 1.14 bits per heavy atom. The normalized spacial score (nSPS) is 14.7. The number of pyridine rings is 1. The summed E-state index contributed by atoms with van der Waals surface area (Å²) in [5, 5.41) is 0. The summed E-state index contributed by atoms with van der Waals surface area (Å²) >= 11 is 0. The van der Waals surface area contributed by atoms with E-state index in [1.165, 1.54) is 0 Å². The Hall–Kier alpha value is -3.10. The molecule has 28 heavy (non-hydrogen) atoms. The van der Waals surface area contributed by atoms with Gasteiger partial charge in [-0.25, -0.2) is 19.7 Å². The number of nitrogens with zero attached hydrogens (tertiary/aromatic N) is 5. The van der Waals surface area contributed by atoms with Crippen molar-refractivity contribution in [2.45, 2.75) is 33.0 Å². The number of piperazine rings is 1. The lowest BCUT2D eigenvalue weighted by Crippen LogP contribution is -2.50. The second-order valence-corrected chi connectivity index (χ2v) is 7.47. The third kappa shape index (κ3) is 5.21. The van der Waals surface area contributed by atoms with Crippen molar-refractivity contribution < 1.29 is 14.3 Å². The standard InChI is InChI=1S/C19H26N6O3/c1-19(2,3)28-18(26)25-11-9-24(10-12-25)16-15(5-4-7-21-16)27-13-14-6-8-22-17(20)23-14/h4-8H,9-13H2,1-3H3,(H2,20,22,23). The summed E-state index contributed by atoms with van der Waals surface area (Å²) in [6.45, 7) is 8.28. The molecule has 1 aliphatic rings. The highest BCUT2D eigenvalue weighted by Crippen LogP contribution is 2.27. The fourth-order valence-corrected chi connectivity index (χ4v) is 2.80. The van der Waals surface area contributed by atoms with Gasteiger partial charge in [-0.15, -0.1) is 0 Å². The van der Waals surface area contributed by atoms with Gasteiger partial charge in [0.2, 0.25) is 5.95 Å². The second-order valence-electron chi connectivity index (χ2n) is 7.47. The smallest absolute Gasteiger partial charge is 0.410 e. The zero-order valence-electron chi connectivity index (χ0n) is 16.5. The molecule has 2 aromatic heterocycles. The van der Waals surface area contributed by atoms with E-state index in [0.29, 0.717) is 37.6 Å². The van der Waals surface area contributed by atoms with E-state index < -0.39 is 5.60 Å². The summed E-state index contributed by atoms with van der Waals surface area (Å²) in [6, 6.07) is 5.45. The van der Waals surface area contributed by atoms with Gasteiger partial charge in [0, 0.05) is 38.6 Å². The van der Waals surface area contributed by atoms with Crippen molar-refractivity contribution in [3.05, 3.63) is 36.3 Å². The molecule has 0 aromatic carbocycles. The fourth-order valence-electron chi connectivity index (χ4n) is 2.80. The summed E-state index contributed by atoms with van der Waals surface area (Å²) in [6.07, 6.45) is 3.04. The fraction of sp³-hybridized carbons (Fsp3) is 0.474. The van der Waals surface area contributed by atoms with Gasteiger partial charge in [-0.05, 0) is 39.0 Å². The molecule has 2 aromatic rings. The van der Waals surface area contributed by atoms with Crippen LogP contribution in [-0.4, -0.2) is 57.7 Å². The molecule has 1 fully saturated rings. The number of nitrogen functional groups attached to an aromatic ring is 1. The van der Waals surface area contributed by atoms with Gasteiger partial charge in [-0.3, -0.25) is 0 Å². The maximum atomic E-state index is 12.2. The number of carbonyl (C=O) groups excluding carboxylic acids is 1. The second kappa shape index (κ2) is 8.28. The summed E-state index contributed by atoms with van der Waals surface area (Å²) in [4.78, 5) is 28.5. The van der Waals surface area contributed by atoms with E-state index in [-0.39, 0.29) is 18.6 Å². The van der Waals surface area contributed by atoms with Crippen molar-refractivity contribution >= 4 is 17.9 Å². The molecule has 3 rings (SSSR count). The van der Waals surface area contributed by atoms with Crippen LogP contribution in [0.4, 0.5) is 16.6 Å². The molecule has 0 atom stereocenters. The largest absolute Gasteiger partial charge is 0.483 e. The summed E-state index contributed by atoms with van der Waals surface area (Å²) < 4.78 is 11.4. The quantitative estimate of drug-likeness (QED) is 0.851. The van der Waals surface area contributed by atoms with Crippen molar-refractivity contribution in [1.82, 2.24) is 19.9 Å². The first-order valence-corrected chi connectivity index (χ1v) is 9.20. The predicted octanol–water partition coefficient (Wildman–Crippen LogP) is 2.09. The molecule has 1 aliphatic heterocycles. The number of carbonyl (C=O) groups is 1. The Bertz CT molecular complexity index is 815. The van der Waals surface area contributed by atoms with E-state index >= 15 is 0 Å². The zero-order valence-corrected chi connectivity index (χ0v) is 16.5. The molecule has 9 nitrogen and oxygen atoms in total. The number of rotatable bonds is 4. The third-order valence-electron chi connectivity index (χ3n) is 4.09. The number of hydrogen-bond acceptors (Lipinski definition) is 8. The Labute approximate surface area is 164 Å². The van der Waals surface area contributed by atoms with Crippen LogP contribution in [0.25, 0.3) is 0 Å². The van der Waals surface area contributed by atoms with Crippen LogP contribution >= 0.6 is 0 Å². The van der Waals surface area contributed by atoms with Gasteiger partial charge in [-0.1, -0.05) is 0 Å². The Kier molecular flexibility index (Phi) is 5.81. The van der Waals surface area contributed by atoms with Crippen LogP contribution in [0, 0.1) is 0 Å². The van der Waals surface area contributed by atoms with Crippen molar-refractivity contribution in [3.63, 3.8) is 0 Å². The van der Waals surface area contributed by atoms with Crippen LogP contribution < -0.4 is 15.4 Å². The Morgan fingerprint density at radius 2 is 1.89 bits per heavy atom. The minimum absolute atomic E-state index is 0.214. The molecule has 1 saturated heterocycles. The molecule has 1 amide bonds. The van der Waals surface area contributed by atoms with Crippen LogP contribution in [0.3, 0.4) is 0 Å². The van der Waals surface area contributed by atoms with Gasteiger partial charge in [-0.2, -0.15) is 0 Å². The van der Waals surface area contributed by atoms with E-state index in [4.69, 9.17) is 15.2 Å². The van der Waals surface area contributed by atoms with Crippen molar-refractivity contribution in [1.29, 1.82) is 0 Å². The molecule has 0 spiro atoms. The van der Waals surface area contributed by atoms with Crippen molar-refractivity contribution in [2.75, 3.05) is 36.8 Å². The maximum absolute atomic E-state index is 12.2.